The molecule has 2 aromatic heterocycles. The van der Waals surface area contributed by atoms with Crippen LogP contribution in [-0.2, 0) is 8.85 Å². The summed E-state index contributed by atoms with van der Waals surface area (Å²) in [4.78, 5) is 12.5. The molecule has 0 spiro atoms. The Morgan fingerprint density at radius 3 is 2.14 bits per heavy atom. The quantitative estimate of drug-likeness (QED) is 0.316. The Labute approximate surface area is 213 Å². The predicted octanol–water partition coefficient (Wildman–Crippen LogP) is 0.646. The van der Waals surface area contributed by atoms with E-state index in [1.807, 2.05) is 36.4 Å². The van der Waals surface area contributed by atoms with Gasteiger partial charge in [0.05, 0.1) is 12.1 Å². The Hall–Kier alpha value is -2.94. The minimum absolute atomic E-state index is 0.195. The van der Waals surface area contributed by atoms with Crippen molar-refractivity contribution in [3.63, 3.8) is 0 Å². The summed E-state index contributed by atoms with van der Waals surface area (Å²) >= 11 is 0. The third-order valence-corrected chi connectivity index (χ3v) is 14.7. The van der Waals surface area contributed by atoms with Crippen molar-refractivity contribution in [2.45, 2.75) is 50.0 Å². The van der Waals surface area contributed by atoms with Gasteiger partial charge in [-0.15, -0.1) is 0 Å². The maximum atomic E-state index is 11.0. The van der Waals surface area contributed by atoms with Crippen molar-refractivity contribution in [1.29, 1.82) is 0 Å². The van der Waals surface area contributed by atoms with Gasteiger partial charge >= 0.3 is 0 Å². The fourth-order valence-corrected chi connectivity index (χ4v) is 14.0. The standard InChI is InChI=1S/C25H31N5O4Si2/c1-25(2,3)36(16-10-6-4-7-11-16,17-12-8-5-9-13-17)34-35-24-20(32)19(31)23(33-24)30-15-29-18-21(26)27-14-28-22(18)30/h4-15,19-20,23-24,31-32H,35H2,1-3H3,(H2,26,27,28)/t19-,20+,23-,24-/m1/s1. The second kappa shape index (κ2) is 9.50. The lowest BCUT2D eigenvalue weighted by molar-refractivity contribution is -0.0214. The second-order valence-corrected chi connectivity index (χ2v) is 16.4. The normalized spacial score (nSPS) is 23.1. The lowest BCUT2D eigenvalue weighted by Crippen LogP contribution is -2.67. The summed E-state index contributed by atoms with van der Waals surface area (Å²) in [6.45, 7) is 6.62. The predicted molar refractivity (Wildman–Crippen MR) is 143 cm³/mol. The first kappa shape index (κ1) is 24.7. The number of hydrogen-bond donors (Lipinski definition) is 3. The van der Waals surface area contributed by atoms with E-state index in [2.05, 4.69) is 60.0 Å². The van der Waals surface area contributed by atoms with Crippen LogP contribution in [0, 0.1) is 0 Å². The molecule has 0 radical (unpaired) electrons. The molecule has 3 heterocycles. The molecule has 4 aromatic rings. The molecule has 0 saturated carbocycles. The van der Waals surface area contributed by atoms with E-state index in [1.165, 1.54) is 12.7 Å². The zero-order valence-corrected chi connectivity index (χ0v) is 22.9. The third kappa shape index (κ3) is 4.07. The van der Waals surface area contributed by atoms with Gasteiger partial charge in [0.25, 0.3) is 0 Å². The molecule has 4 N–H and O–H groups in total. The van der Waals surface area contributed by atoms with Gasteiger partial charge in [-0.05, 0) is 15.4 Å². The first-order chi connectivity index (χ1) is 17.2. The molecule has 9 nitrogen and oxygen atoms in total. The van der Waals surface area contributed by atoms with Crippen molar-refractivity contribution >= 4 is 45.4 Å². The fraction of sp³-hybridized carbons (Fsp3) is 0.320. The summed E-state index contributed by atoms with van der Waals surface area (Å²) in [5.74, 6) is 0.243. The molecule has 188 valence electrons. The van der Waals surface area contributed by atoms with Gasteiger partial charge in [0, 0.05) is 0 Å². The van der Waals surface area contributed by atoms with Crippen LogP contribution in [0.15, 0.2) is 73.3 Å². The summed E-state index contributed by atoms with van der Waals surface area (Å²) in [6, 6.07) is 20.7. The molecule has 1 fully saturated rings. The lowest BCUT2D eigenvalue weighted by atomic mass is 10.2. The maximum Gasteiger partial charge on any atom is 0.250 e. The van der Waals surface area contributed by atoms with Gasteiger partial charge in [0.1, 0.15) is 24.1 Å². The molecular formula is C25H31N5O4Si2. The van der Waals surface area contributed by atoms with Gasteiger partial charge in [-0.2, -0.15) is 0 Å². The molecule has 5 rings (SSSR count). The highest BCUT2D eigenvalue weighted by Crippen LogP contribution is 2.38. The van der Waals surface area contributed by atoms with Crippen LogP contribution in [0.1, 0.15) is 27.0 Å². The van der Waals surface area contributed by atoms with Crippen molar-refractivity contribution < 1.29 is 19.1 Å². The Bertz CT molecular complexity index is 1290. The molecule has 0 unspecified atom stereocenters. The Morgan fingerprint density at radius 2 is 1.56 bits per heavy atom. The highest BCUT2D eigenvalue weighted by Gasteiger charge is 2.52. The lowest BCUT2D eigenvalue weighted by Gasteiger charge is -2.44. The first-order valence-corrected chi connectivity index (χ1v) is 15.2. The number of aliphatic hydroxyl groups excluding tert-OH is 2. The minimum atomic E-state index is -2.78. The van der Waals surface area contributed by atoms with Crippen LogP contribution in [0.4, 0.5) is 5.82 Å². The number of nitrogens with two attached hydrogens (primary N) is 1. The van der Waals surface area contributed by atoms with E-state index < -0.39 is 42.2 Å². The number of imidazole rings is 1. The summed E-state index contributed by atoms with van der Waals surface area (Å²) in [7, 11) is -4.28. The van der Waals surface area contributed by atoms with Crippen LogP contribution in [0.5, 0.6) is 0 Å². The third-order valence-electron chi connectivity index (χ3n) is 6.88. The van der Waals surface area contributed by atoms with E-state index in [4.69, 9.17) is 14.6 Å². The number of nitrogens with zero attached hydrogens (tertiary/aromatic N) is 4. The number of anilines is 1. The van der Waals surface area contributed by atoms with Gasteiger partial charge in [0.15, 0.2) is 27.5 Å². The van der Waals surface area contributed by atoms with E-state index >= 15 is 0 Å². The molecule has 0 amide bonds. The summed E-state index contributed by atoms with van der Waals surface area (Å²) in [6.07, 6.45) is -0.287. The van der Waals surface area contributed by atoms with Crippen molar-refractivity contribution in [3.8, 4) is 0 Å². The minimum Gasteiger partial charge on any atom is -0.451 e. The summed E-state index contributed by atoms with van der Waals surface area (Å²) in [5.41, 5.74) is 6.16. The molecule has 36 heavy (non-hydrogen) atoms. The molecule has 0 aliphatic carbocycles. The van der Waals surface area contributed by atoms with Crippen LogP contribution >= 0.6 is 0 Å². The monoisotopic (exact) mass is 521 g/mol. The molecule has 11 heteroatoms. The van der Waals surface area contributed by atoms with Gasteiger partial charge in [-0.3, -0.25) is 4.57 Å². The highest BCUT2D eigenvalue weighted by atomic mass is 28.4. The van der Waals surface area contributed by atoms with Gasteiger partial charge in [-0.1, -0.05) is 81.4 Å². The molecule has 2 aromatic carbocycles. The van der Waals surface area contributed by atoms with Crippen molar-refractivity contribution in [1.82, 2.24) is 19.5 Å². The van der Waals surface area contributed by atoms with Gasteiger partial charge < -0.3 is 24.8 Å². The Kier molecular flexibility index (Phi) is 6.53. The number of rotatable bonds is 6. The number of ether oxygens (including phenoxy) is 1. The van der Waals surface area contributed by atoms with E-state index in [-0.39, 0.29) is 10.9 Å². The second-order valence-electron chi connectivity index (χ2n) is 10.1. The number of aromatic nitrogens is 4. The van der Waals surface area contributed by atoms with Crippen LogP contribution in [0.2, 0.25) is 5.04 Å². The van der Waals surface area contributed by atoms with Crippen molar-refractivity contribution in [3.05, 3.63) is 73.3 Å². The SMILES string of the molecule is CC(C)(C)[Si](O[SiH2][C@H]1O[C@@H](n2cnc3c(N)ncnc32)[C@H](O)[C@@H]1O)(c1ccccc1)c1ccccc1. The number of aliphatic hydroxyl groups is 2. The van der Waals surface area contributed by atoms with Crippen LogP contribution in [0.3, 0.4) is 0 Å². The molecule has 1 aliphatic heterocycles. The smallest absolute Gasteiger partial charge is 0.250 e. The van der Waals surface area contributed by atoms with Crippen LogP contribution < -0.4 is 16.1 Å². The topological polar surface area (TPSA) is 129 Å². The number of fused-ring (bicyclic) bond motifs is 1. The van der Waals surface area contributed by atoms with Crippen molar-refractivity contribution in [2.24, 2.45) is 0 Å². The Balaban J connectivity index is 1.48. The van der Waals surface area contributed by atoms with Crippen LogP contribution in [-0.4, -0.2) is 65.7 Å². The summed E-state index contributed by atoms with van der Waals surface area (Å²) < 4.78 is 14.9. The zero-order valence-electron chi connectivity index (χ0n) is 20.5. The highest BCUT2D eigenvalue weighted by molar-refractivity contribution is 7.01. The van der Waals surface area contributed by atoms with Crippen LogP contribution in [0.25, 0.3) is 11.2 Å². The number of benzene rings is 2. The fourth-order valence-electron chi connectivity index (χ4n) is 5.12. The summed E-state index contributed by atoms with van der Waals surface area (Å²) in [5, 5.41) is 24.1. The average Bonchev–Trinajstić information content (AvgIpc) is 3.42. The molecule has 1 saturated heterocycles. The van der Waals surface area contributed by atoms with E-state index in [0.717, 1.165) is 10.4 Å². The number of hydrogen-bond acceptors (Lipinski definition) is 8. The first-order valence-electron chi connectivity index (χ1n) is 11.9. The zero-order chi connectivity index (χ0) is 25.5. The Morgan fingerprint density at radius 1 is 0.944 bits per heavy atom. The molecule has 0 bridgehead atoms. The largest absolute Gasteiger partial charge is 0.451 e. The number of nitrogen functional groups attached to an aromatic ring is 1. The van der Waals surface area contributed by atoms with Gasteiger partial charge in [0.2, 0.25) is 8.32 Å². The van der Waals surface area contributed by atoms with E-state index in [9.17, 15) is 10.2 Å². The van der Waals surface area contributed by atoms with Crippen molar-refractivity contribution in [2.75, 3.05) is 5.73 Å². The van der Waals surface area contributed by atoms with E-state index in [1.54, 1.807) is 4.57 Å². The molecular weight excluding hydrogens is 490 g/mol. The molecule has 1 aliphatic rings. The van der Waals surface area contributed by atoms with Gasteiger partial charge in [-0.25, -0.2) is 15.0 Å². The molecule has 4 atom stereocenters. The maximum absolute atomic E-state index is 11.0. The van der Waals surface area contributed by atoms with E-state index in [0.29, 0.717) is 11.2 Å². The average molecular weight is 522 g/mol.